The van der Waals surface area contributed by atoms with Crippen molar-refractivity contribution in [1.82, 2.24) is 0 Å². The Morgan fingerprint density at radius 2 is 1.82 bits per heavy atom. The largest absolute Gasteiger partial charge is 0.295 e. The first kappa shape index (κ1) is 14.5. The van der Waals surface area contributed by atoms with Gasteiger partial charge in [-0.3, -0.25) is 4.79 Å². The molecule has 1 heteroatoms. The van der Waals surface area contributed by atoms with E-state index in [1.165, 1.54) is 6.42 Å². The summed E-state index contributed by atoms with van der Waals surface area (Å²) in [6, 6.07) is 0. The molecule has 98 valence electrons. The van der Waals surface area contributed by atoms with Gasteiger partial charge in [0.25, 0.3) is 0 Å². The molecule has 0 spiro atoms. The molecule has 1 nitrogen and oxygen atoms in total. The maximum atomic E-state index is 11.3. The van der Waals surface area contributed by atoms with Crippen LogP contribution in [0, 0.1) is 22.7 Å². The highest BCUT2D eigenvalue weighted by molar-refractivity contribution is 5.90. The van der Waals surface area contributed by atoms with E-state index in [-0.39, 0.29) is 0 Å². The summed E-state index contributed by atoms with van der Waals surface area (Å²) in [5, 5.41) is 0. The van der Waals surface area contributed by atoms with Gasteiger partial charge in [0.15, 0.2) is 5.78 Å². The molecule has 0 heterocycles. The molecular formula is C16H28O. The van der Waals surface area contributed by atoms with Crippen LogP contribution in [0.5, 0.6) is 0 Å². The molecule has 2 unspecified atom stereocenters. The Balaban J connectivity index is 2.84. The van der Waals surface area contributed by atoms with Crippen LogP contribution in [-0.4, -0.2) is 5.78 Å². The summed E-state index contributed by atoms with van der Waals surface area (Å²) < 4.78 is 0. The fourth-order valence-electron chi connectivity index (χ4n) is 2.81. The van der Waals surface area contributed by atoms with Crippen molar-refractivity contribution in [2.24, 2.45) is 22.7 Å². The Kier molecular flexibility index (Phi) is 4.22. The van der Waals surface area contributed by atoms with Crippen LogP contribution in [0.15, 0.2) is 12.2 Å². The van der Waals surface area contributed by atoms with Gasteiger partial charge in [-0.2, -0.15) is 0 Å². The molecule has 0 saturated carbocycles. The third-order valence-electron chi connectivity index (χ3n) is 3.71. The van der Waals surface area contributed by atoms with Gasteiger partial charge in [0.05, 0.1) is 0 Å². The fraction of sp³-hybridized carbons (Fsp3) is 0.812. The molecule has 0 fully saturated rings. The van der Waals surface area contributed by atoms with Gasteiger partial charge in [-0.25, -0.2) is 0 Å². The van der Waals surface area contributed by atoms with Gasteiger partial charge in [0, 0.05) is 6.42 Å². The Bertz CT molecular complexity index is 298. The van der Waals surface area contributed by atoms with Crippen LogP contribution in [0.25, 0.3) is 0 Å². The number of hydrogen-bond acceptors (Lipinski definition) is 1. The van der Waals surface area contributed by atoms with Crippen molar-refractivity contribution in [3.63, 3.8) is 0 Å². The molecule has 0 aromatic carbocycles. The number of carbonyl (C=O) groups is 1. The second-order valence-electron chi connectivity index (χ2n) is 7.77. The van der Waals surface area contributed by atoms with Gasteiger partial charge in [0.2, 0.25) is 0 Å². The molecule has 0 aromatic rings. The van der Waals surface area contributed by atoms with Crippen LogP contribution in [0.1, 0.15) is 60.8 Å². The lowest BCUT2D eigenvalue weighted by molar-refractivity contribution is -0.115. The van der Waals surface area contributed by atoms with Crippen LogP contribution in [0.4, 0.5) is 0 Å². The summed E-state index contributed by atoms with van der Waals surface area (Å²) in [6.07, 6.45) is 6.95. The number of hydrogen-bond donors (Lipinski definition) is 0. The number of rotatable bonds is 2. The van der Waals surface area contributed by atoms with Crippen molar-refractivity contribution in [2.75, 3.05) is 0 Å². The molecule has 0 amide bonds. The molecule has 0 aromatic heterocycles. The van der Waals surface area contributed by atoms with E-state index in [0.717, 1.165) is 12.8 Å². The zero-order valence-corrected chi connectivity index (χ0v) is 12.3. The second-order valence-corrected chi connectivity index (χ2v) is 7.77. The van der Waals surface area contributed by atoms with Crippen molar-refractivity contribution in [3.8, 4) is 0 Å². The molecule has 0 radical (unpaired) electrons. The Morgan fingerprint density at radius 3 is 2.18 bits per heavy atom. The fourth-order valence-corrected chi connectivity index (χ4v) is 2.81. The van der Waals surface area contributed by atoms with Gasteiger partial charge in [-0.05, 0) is 41.6 Å². The second kappa shape index (κ2) is 4.96. The van der Waals surface area contributed by atoms with Gasteiger partial charge in [-0.15, -0.1) is 0 Å². The average molecular weight is 236 g/mol. The van der Waals surface area contributed by atoms with E-state index >= 15 is 0 Å². The van der Waals surface area contributed by atoms with Gasteiger partial charge >= 0.3 is 0 Å². The lowest BCUT2D eigenvalue weighted by atomic mass is 9.64. The standard InChI is InChI=1S/C16H28O/c1-15(2,3)11-14(16(4,5)6)12-7-9-13(17)10-8-12/h7,9,12,14H,8,10-11H2,1-6H3. The number of allylic oxidation sites excluding steroid dienone is 2. The zero-order valence-electron chi connectivity index (χ0n) is 12.3. The highest BCUT2D eigenvalue weighted by Gasteiger charge is 2.34. The van der Waals surface area contributed by atoms with Crippen molar-refractivity contribution in [2.45, 2.75) is 60.8 Å². The summed E-state index contributed by atoms with van der Waals surface area (Å²) >= 11 is 0. The van der Waals surface area contributed by atoms with E-state index in [2.05, 4.69) is 47.6 Å². The Hall–Kier alpha value is -0.590. The maximum absolute atomic E-state index is 11.3. The van der Waals surface area contributed by atoms with Crippen molar-refractivity contribution in [3.05, 3.63) is 12.2 Å². The molecule has 17 heavy (non-hydrogen) atoms. The van der Waals surface area contributed by atoms with E-state index in [4.69, 9.17) is 0 Å². The highest BCUT2D eigenvalue weighted by Crippen LogP contribution is 2.43. The third-order valence-corrected chi connectivity index (χ3v) is 3.71. The SMILES string of the molecule is CC(C)(C)CC(C1C=CC(=O)CC1)C(C)(C)C. The van der Waals surface area contributed by atoms with Crippen LogP contribution >= 0.6 is 0 Å². The van der Waals surface area contributed by atoms with Crippen LogP contribution in [0.2, 0.25) is 0 Å². The Labute approximate surface area is 107 Å². The quantitative estimate of drug-likeness (QED) is 0.683. The van der Waals surface area contributed by atoms with E-state index in [0.29, 0.717) is 28.4 Å². The van der Waals surface area contributed by atoms with E-state index in [1.54, 1.807) is 6.08 Å². The smallest absolute Gasteiger partial charge is 0.155 e. The minimum atomic E-state index is 0.296. The van der Waals surface area contributed by atoms with Gasteiger partial charge in [0.1, 0.15) is 0 Å². The molecule has 0 saturated heterocycles. The molecule has 0 N–H and O–H groups in total. The van der Waals surface area contributed by atoms with Crippen LogP contribution in [-0.2, 0) is 4.79 Å². The molecule has 0 aliphatic heterocycles. The molecule has 1 aliphatic rings. The summed E-state index contributed by atoms with van der Waals surface area (Å²) in [5.74, 6) is 1.53. The third kappa shape index (κ3) is 4.65. The first-order valence-corrected chi connectivity index (χ1v) is 6.81. The van der Waals surface area contributed by atoms with E-state index in [9.17, 15) is 4.79 Å². The first-order valence-electron chi connectivity index (χ1n) is 6.81. The highest BCUT2D eigenvalue weighted by atomic mass is 16.1. The summed E-state index contributed by atoms with van der Waals surface area (Å²) in [7, 11) is 0. The number of carbonyl (C=O) groups excluding carboxylic acids is 1. The predicted octanol–water partition coefficient (Wildman–Crippen LogP) is 4.62. The maximum Gasteiger partial charge on any atom is 0.155 e. The summed E-state index contributed by atoms with van der Waals surface area (Å²) in [6.45, 7) is 13.9. The van der Waals surface area contributed by atoms with Crippen LogP contribution < -0.4 is 0 Å². The number of ketones is 1. The molecule has 2 atom stereocenters. The van der Waals surface area contributed by atoms with Gasteiger partial charge in [-0.1, -0.05) is 47.6 Å². The minimum Gasteiger partial charge on any atom is -0.295 e. The Morgan fingerprint density at radius 1 is 1.24 bits per heavy atom. The predicted molar refractivity (Wildman–Crippen MR) is 73.9 cm³/mol. The summed E-state index contributed by atoms with van der Waals surface area (Å²) in [5.41, 5.74) is 0.663. The normalized spacial score (nSPS) is 23.9. The average Bonchev–Trinajstić information content (AvgIpc) is 2.13. The topological polar surface area (TPSA) is 17.1 Å². The van der Waals surface area contributed by atoms with E-state index in [1.807, 2.05) is 0 Å². The molecule has 1 aliphatic carbocycles. The van der Waals surface area contributed by atoms with Gasteiger partial charge < -0.3 is 0 Å². The van der Waals surface area contributed by atoms with Crippen molar-refractivity contribution < 1.29 is 4.79 Å². The molecular weight excluding hydrogens is 208 g/mol. The zero-order chi connectivity index (χ0) is 13.3. The lowest BCUT2D eigenvalue weighted by Gasteiger charge is -2.40. The molecule has 1 rings (SSSR count). The van der Waals surface area contributed by atoms with Crippen molar-refractivity contribution in [1.29, 1.82) is 0 Å². The molecule has 0 bridgehead atoms. The van der Waals surface area contributed by atoms with E-state index < -0.39 is 0 Å². The first-order chi connectivity index (χ1) is 7.59. The lowest BCUT2D eigenvalue weighted by Crippen LogP contribution is -2.32. The summed E-state index contributed by atoms with van der Waals surface area (Å²) in [4.78, 5) is 11.3. The monoisotopic (exact) mass is 236 g/mol. The van der Waals surface area contributed by atoms with Crippen LogP contribution in [0.3, 0.4) is 0 Å². The van der Waals surface area contributed by atoms with Crippen molar-refractivity contribution >= 4 is 5.78 Å². The minimum absolute atomic E-state index is 0.296.